The number of hydrogen-bond donors (Lipinski definition) is 2. The second kappa shape index (κ2) is 3.89. The number of nitrogens with two attached hydrogens (primary N) is 2. The molecule has 0 spiro atoms. The number of benzene rings is 2. The molecule has 16 heavy (non-hydrogen) atoms. The van der Waals surface area contributed by atoms with Crippen LogP contribution in [0.3, 0.4) is 0 Å². The Labute approximate surface area is 95.9 Å². The topological polar surface area (TPSA) is 52.0 Å². The van der Waals surface area contributed by atoms with Crippen molar-refractivity contribution in [3.8, 4) is 11.1 Å². The van der Waals surface area contributed by atoms with Crippen LogP contribution in [0.1, 0.15) is 11.1 Å². The first-order valence-corrected chi connectivity index (χ1v) is 5.32. The third kappa shape index (κ3) is 1.63. The van der Waals surface area contributed by atoms with Gasteiger partial charge in [-0.1, -0.05) is 30.3 Å². The molecule has 0 amide bonds. The molecule has 0 atom stereocenters. The molecule has 0 unspecified atom stereocenters. The van der Waals surface area contributed by atoms with Crippen molar-refractivity contribution in [2.75, 3.05) is 11.5 Å². The maximum atomic E-state index is 6.13. The van der Waals surface area contributed by atoms with E-state index in [0.717, 1.165) is 33.6 Å². The molecule has 0 aromatic heterocycles. The normalized spacial score (nSPS) is 10.4. The van der Waals surface area contributed by atoms with E-state index < -0.39 is 0 Å². The molecule has 0 aliphatic rings. The summed E-state index contributed by atoms with van der Waals surface area (Å²) in [5.74, 6) is 0. The zero-order valence-electron chi connectivity index (χ0n) is 9.62. The molecule has 2 aromatic carbocycles. The fourth-order valence-electron chi connectivity index (χ4n) is 1.91. The molecule has 2 aromatic rings. The Hall–Kier alpha value is -1.96. The molecule has 0 bridgehead atoms. The minimum absolute atomic E-state index is 0.767. The van der Waals surface area contributed by atoms with E-state index in [4.69, 9.17) is 11.5 Å². The molecule has 2 heteroatoms. The Bertz CT molecular complexity index is 530. The lowest BCUT2D eigenvalue weighted by Crippen LogP contribution is -1.98. The van der Waals surface area contributed by atoms with Gasteiger partial charge in [0.15, 0.2) is 0 Å². The van der Waals surface area contributed by atoms with Crippen LogP contribution in [-0.4, -0.2) is 0 Å². The van der Waals surface area contributed by atoms with Gasteiger partial charge >= 0.3 is 0 Å². The molecule has 0 fully saturated rings. The van der Waals surface area contributed by atoms with Gasteiger partial charge in [0, 0.05) is 22.5 Å². The fourth-order valence-corrected chi connectivity index (χ4v) is 1.91. The first-order valence-electron chi connectivity index (χ1n) is 5.32. The van der Waals surface area contributed by atoms with Gasteiger partial charge in [-0.25, -0.2) is 0 Å². The van der Waals surface area contributed by atoms with E-state index in [9.17, 15) is 0 Å². The van der Waals surface area contributed by atoms with E-state index in [2.05, 4.69) is 13.0 Å². The van der Waals surface area contributed by atoms with Crippen molar-refractivity contribution in [1.29, 1.82) is 0 Å². The summed E-state index contributed by atoms with van der Waals surface area (Å²) in [7, 11) is 0. The van der Waals surface area contributed by atoms with Crippen molar-refractivity contribution in [3.63, 3.8) is 0 Å². The van der Waals surface area contributed by atoms with Crippen molar-refractivity contribution in [1.82, 2.24) is 0 Å². The zero-order valence-corrected chi connectivity index (χ0v) is 9.62. The summed E-state index contributed by atoms with van der Waals surface area (Å²) >= 11 is 0. The Morgan fingerprint density at radius 3 is 2.12 bits per heavy atom. The molecule has 2 rings (SSSR count). The summed E-state index contributed by atoms with van der Waals surface area (Å²) in [4.78, 5) is 0. The van der Waals surface area contributed by atoms with E-state index in [-0.39, 0.29) is 0 Å². The highest BCUT2D eigenvalue weighted by atomic mass is 14.6. The number of para-hydroxylation sites is 1. The average Bonchev–Trinajstić information content (AvgIpc) is 2.27. The number of rotatable bonds is 1. The second-order valence-corrected chi connectivity index (χ2v) is 4.08. The summed E-state index contributed by atoms with van der Waals surface area (Å²) in [6, 6.07) is 11.9. The third-order valence-corrected chi connectivity index (χ3v) is 2.90. The number of aryl methyl sites for hydroxylation is 2. The van der Waals surface area contributed by atoms with Crippen LogP contribution in [0.2, 0.25) is 0 Å². The van der Waals surface area contributed by atoms with Crippen LogP contribution in [0.5, 0.6) is 0 Å². The van der Waals surface area contributed by atoms with Gasteiger partial charge in [0.1, 0.15) is 0 Å². The summed E-state index contributed by atoms with van der Waals surface area (Å²) in [6.07, 6.45) is 0. The molecule has 2 nitrogen and oxygen atoms in total. The number of anilines is 2. The van der Waals surface area contributed by atoms with Gasteiger partial charge in [-0.15, -0.1) is 0 Å². The van der Waals surface area contributed by atoms with Crippen molar-refractivity contribution in [2.45, 2.75) is 13.8 Å². The van der Waals surface area contributed by atoms with Crippen LogP contribution in [-0.2, 0) is 0 Å². The molecule has 0 saturated carbocycles. The maximum Gasteiger partial charge on any atom is 0.0426 e. The van der Waals surface area contributed by atoms with Gasteiger partial charge in [-0.2, -0.15) is 0 Å². The minimum Gasteiger partial charge on any atom is -0.398 e. The minimum atomic E-state index is 0.767. The summed E-state index contributed by atoms with van der Waals surface area (Å²) in [5.41, 5.74) is 18.0. The highest BCUT2D eigenvalue weighted by Gasteiger charge is 2.10. The first kappa shape index (κ1) is 10.6. The Kier molecular flexibility index (Phi) is 2.57. The molecule has 0 heterocycles. The van der Waals surface area contributed by atoms with E-state index in [1.54, 1.807) is 0 Å². The van der Waals surface area contributed by atoms with Crippen molar-refractivity contribution in [3.05, 3.63) is 47.5 Å². The molecule has 82 valence electrons. The molecule has 4 N–H and O–H groups in total. The predicted octanol–water partition coefficient (Wildman–Crippen LogP) is 3.13. The van der Waals surface area contributed by atoms with E-state index in [1.165, 1.54) is 0 Å². The fraction of sp³-hybridized carbons (Fsp3) is 0.143. The van der Waals surface area contributed by atoms with Crippen LogP contribution in [0.4, 0.5) is 11.4 Å². The van der Waals surface area contributed by atoms with E-state index in [1.807, 2.05) is 37.3 Å². The van der Waals surface area contributed by atoms with Gasteiger partial charge in [-0.3, -0.25) is 0 Å². The number of hydrogen-bond acceptors (Lipinski definition) is 2. The van der Waals surface area contributed by atoms with E-state index >= 15 is 0 Å². The molecular formula is C14H16N2. The van der Waals surface area contributed by atoms with Crippen molar-refractivity contribution < 1.29 is 0 Å². The Balaban J connectivity index is 2.74. The monoisotopic (exact) mass is 212 g/mol. The largest absolute Gasteiger partial charge is 0.398 e. The lowest BCUT2D eigenvalue weighted by Gasteiger charge is -2.13. The van der Waals surface area contributed by atoms with Gasteiger partial charge < -0.3 is 11.5 Å². The van der Waals surface area contributed by atoms with E-state index in [0.29, 0.717) is 0 Å². The quantitative estimate of drug-likeness (QED) is 0.713. The smallest absolute Gasteiger partial charge is 0.0426 e. The molecule has 0 radical (unpaired) electrons. The zero-order chi connectivity index (χ0) is 11.7. The summed E-state index contributed by atoms with van der Waals surface area (Å²) in [5, 5.41) is 0. The van der Waals surface area contributed by atoms with Crippen molar-refractivity contribution >= 4 is 11.4 Å². The summed E-state index contributed by atoms with van der Waals surface area (Å²) < 4.78 is 0. The summed E-state index contributed by atoms with van der Waals surface area (Å²) in [6.45, 7) is 4.06. The van der Waals surface area contributed by atoms with Crippen LogP contribution in [0, 0.1) is 13.8 Å². The van der Waals surface area contributed by atoms with Gasteiger partial charge in [0.05, 0.1) is 0 Å². The van der Waals surface area contributed by atoms with Gasteiger partial charge in [0.2, 0.25) is 0 Å². The maximum absolute atomic E-state index is 6.13. The number of nitrogen functional groups attached to an aromatic ring is 2. The molecular weight excluding hydrogens is 196 g/mol. The second-order valence-electron chi connectivity index (χ2n) is 4.08. The first-order chi connectivity index (χ1) is 7.61. The lowest BCUT2D eigenvalue weighted by atomic mass is 9.95. The molecule has 0 aliphatic heterocycles. The predicted molar refractivity (Wildman–Crippen MR) is 70.2 cm³/mol. The van der Waals surface area contributed by atoms with Gasteiger partial charge in [-0.05, 0) is 31.0 Å². The highest BCUT2D eigenvalue weighted by molar-refractivity contribution is 5.87. The standard InChI is InChI=1S/C14H16N2/c1-9-7-8-10(2)14(16)13(9)11-5-3-4-6-12(11)15/h3-8H,15-16H2,1-2H3. The highest BCUT2D eigenvalue weighted by Crippen LogP contribution is 2.34. The average molecular weight is 212 g/mol. The lowest BCUT2D eigenvalue weighted by molar-refractivity contribution is 1.39. The van der Waals surface area contributed by atoms with Crippen LogP contribution in [0.15, 0.2) is 36.4 Å². The SMILES string of the molecule is Cc1ccc(C)c(-c2ccccc2N)c1N. The van der Waals surface area contributed by atoms with Crippen LogP contribution >= 0.6 is 0 Å². The molecule has 0 aliphatic carbocycles. The Morgan fingerprint density at radius 1 is 0.812 bits per heavy atom. The van der Waals surface area contributed by atoms with Crippen LogP contribution in [0.25, 0.3) is 11.1 Å². The Morgan fingerprint density at radius 2 is 1.44 bits per heavy atom. The third-order valence-electron chi connectivity index (χ3n) is 2.90. The van der Waals surface area contributed by atoms with Crippen LogP contribution < -0.4 is 11.5 Å². The van der Waals surface area contributed by atoms with Crippen molar-refractivity contribution in [2.24, 2.45) is 0 Å². The van der Waals surface area contributed by atoms with Gasteiger partial charge in [0.25, 0.3) is 0 Å². The molecule has 0 saturated heterocycles.